The number of hydrogen-bond acceptors (Lipinski definition) is 2. The van der Waals surface area contributed by atoms with Crippen molar-refractivity contribution in [3.8, 4) is 0 Å². The molecule has 0 rings (SSSR count). The van der Waals surface area contributed by atoms with Gasteiger partial charge in [-0.3, -0.25) is 0 Å². The molecule has 0 aromatic rings. The molecule has 0 heterocycles. The van der Waals surface area contributed by atoms with E-state index >= 15 is 0 Å². The second-order valence-electron chi connectivity index (χ2n) is 5.81. The third-order valence-electron chi connectivity index (χ3n) is 3.63. The highest BCUT2D eigenvalue weighted by Crippen LogP contribution is 2.23. The van der Waals surface area contributed by atoms with E-state index in [1.165, 1.54) is 37.8 Å². The summed E-state index contributed by atoms with van der Waals surface area (Å²) < 4.78 is 11.9. The molecule has 3 heteroatoms. The number of rotatable bonds is 14. The third-order valence-corrected chi connectivity index (χ3v) is 8.10. The quantitative estimate of drug-likeness (QED) is 0.332. The van der Waals surface area contributed by atoms with E-state index in [4.69, 9.17) is 9.47 Å². The maximum Gasteiger partial charge on any atom is 0.113 e. The predicted octanol–water partition coefficient (Wildman–Crippen LogP) is 4.97. The zero-order valence-corrected chi connectivity index (χ0v) is 14.8. The maximum absolute atomic E-state index is 5.95. The summed E-state index contributed by atoms with van der Waals surface area (Å²) >= 11 is 0. The monoisotopic (exact) mass is 288 g/mol. The van der Waals surface area contributed by atoms with Gasteiger partial charge in [0.2, 0.25) is 0 Å². The second kappa shape index (κ2) is 13.1. The van der Waals surface area contributed by atoms with E-state index in [9.17, 15) is 0 Å². The van der Waals surface area contributed by atoms with Crippen LogP contribution in [0, 0.1) is 0 Å². The average Bonchev–Trinajstić information content (AvgIpc) is 2.43. The SMILES string of the molecule is CCCC[Si](CCCC)(COCCC)COCCC. The van der Waals surface area contributed by atoms with E-state index in [0.717, 1.165) is 38.5 Å². The molecule has 0 fully saturated rings. The van der Waals surface area contributed by atoms with E-state index in [2.05, 4.69) is 27.7 Å². The van der Waals surface area contributed by atoms with Crippen LogP contribution in [0.25, 0.3) is 0 Å². The minimum Gasteiger partial charge on any atom is -0.385 e. The Balaban J connectivity index is 4.44. The fourth-order valence-electron chi connectivity index (χ4n) is 2.42. The molecule has 0 aliphatic heterocycles. The molecule has 0 radical (unpaired) electrons. The van der Waals surface area contributed by atoms with Gasteiger partial charge in [-0.1, -0.05) is 65.5 Å². The molecule has 2 nitrogen and oxygen atoms in total. The van der Waals surface area contributed by atoms with Crippen molar-refractivity contribution in [1.29, 1.82) is 0 Å². The third kappa shape index (κ3) is 9.64. The van der Waals surface area contributed by atoms with Crippen molar-refractivity contribution in [1.82, 2.24) is 0 Å². The summed E-state index contributed by atoms with van der Waals surface area (Å²) in [6.07, 6.45) is 9.57. The summed E-state index contributed by atoms with van der Waals surface area (Å²) in [6.45, 7) is 10.8. The average molecular weight is 289 g/mol. The number of hydrogen-bond donors (Lipinski definition) is 0. The van der Waals surface area contributed by atoms with Gasteiger partial charge < -0.3 is 9.47 Å². The van der Waals surface area contributed by atoms with E-state index in [-0.39, 0.29) is 0 Å². The molecule has 0 saturated carbocycles. The summed E-state index contributed by atoms with van der Waals surface area (Å²) in [5.74, 6) is 0. The lowest BCUT2D eigenvalue weighted by Crippen LogP contribution is -2.46. The van der Waals surface area contributed by atoms with E-state index < -0.39 is 8.07 Å². The van der Waals surface area contributed by atoms with Crippen molar-refractivity contribution in [2.75, 3.05) is 25.7 Å². The summed E-state index contributed by atoms with van der Waals surface area (Å²) in [5, 5.41) is 0. The van der Waals surface area contributed by atoms with Crippen LogP contribution >= 0.6 is 0 Å². The van der Waals surface area contributed by atoms with Crippen LogP contribution in [0.4, 0.5) is 0 Å². The minimum atomic E-state index is -1.36. The molecule has 0 bridgehead atoms. The van der Waals surface area contributed by atoms with Crippen LogP contribution in [-0.4, -0.2) is 33.7 Å². The zero-order chi connectivity index (χ0) is 14.4. The fraction of sp³-hybridized carbons (Fsp3) is 1.00. The molecule has 0 atom stereocenters. The van der Waals surface area contributed by atoms with Crippen LogP contribution in [0.5, 0.6) is 0 Å². The molecule has 0 unspecified atom stereocenters. The van der Waals surface area contributed by atoms with Crippen molar-refractivity contribution < 1.29 is 9.47 Å². The minimum absolute atomic E-state index is 0.917. The highest BCUT2D eigenvalue weighted by molar-refractivity contribution is 6.79. The van der Waals surface area contributed by atoms with Crippen molar-refractivity contribution in [2.24, 2.45) is 0 Å². The van der Waals surface area contributed by atoms with Crippen molar-refractivity contribution in [3.63, 3.8) is 0 Å². The van der Waals surface area contributed by atoms with Gasteiger partial charge in [0.25, 0.3) is 0 Å². The Morgan fingerprint density at radius 2 is 1.05 bits per heavy atom. The number of ether oxygens (including phenoxy) is 2. The van der Waals surface area contributed by atoms with Gasteiger partial charge in [-0.05, 0) is 12.8 Å². The van der Waals surface area contributed by atoms with Gasteiger partial charge >= 0.3 is 0 Å². The second-order valence-corrected chi connectivity index (χ2v) is 10.4. The molecule has 0 saturated heterocycles. The van der Waals surface area contributed by atoms with Crippen molar-refractivity contribution in [2.45, 2.75) is 78.3 Å². The van der Waals surface area contributed by atoms with Gasteiger partial charge in [0.05, 0.1) is 0 Å². The Labute approximate surface area is 122 Å². The largest absolute Gasteiger partial charge is 0.385 e. The van der Waals surface area contributed by atoms with E-state index in [0.29, 0.717) is 0 Å². The number of unbranched alkanes of at least 4 members (excludes halogenated alkanes) is 2. The molecule has 116 valence electrons. The van der Waals surface area contributed by atoms with Gasteiger partial charge in [0, 0.05) is 25.7 Å². The lowest BCUT2D eigenvalue weighted by Gasteiger charge is -2.31. The van der Waals surface area contributed by atoms with Gasteiger partial charge in [-0.25, -0.2) is 0 Å². The molecule has 0 aromatic carbocycles. The lowest BCUT2D eigenvalue weighted by molar-refractivity contribution is 0.147. The first-order chi connectivity index (χ1) is 9.24. The molecular formula is C16H36O2Si. The van der Waals surface area contributed by atoms with E-state index in [1.54, 1.807) is 0 Å². The summed E-state index contributed by atoms with van der Waals surface area (Å²) in [4.78, 5) is 0. The summed E-state index contributed by atoms with van der Waals surface area (Å²) in [5.41, 5.74) is 0. The van der Waals surface area contributed by atoms with Crippen molar-refractivity contribution >= 4 is 8.07 Å². The fourth-order valence-corrected chi connectivity index (χ4v) is 6.70. The van der Waals surface area contributed by atoms with E-state index in [1.807, 2.05) is 0 Å². The Kier molecular flexibility index (Phi) is 13.2. The van der Waals surface area contributed by atoms with Crippen LogP contribution in [0.3, 0.4) is 0 Å². The summed E-state index contributed by atoms with van der Waals surface area (Å²) in [6, 6.07) is 2.77. The van der Waals surface area contributed by atoms with Gasteiger partial charge in [0.15, 0.2) is 0 Å². The van der Waals surface area contributed by atoms with Crippen LogP contribution < -0.4 is 0 Å². The predicted molar refractivity (Wildman–Crippen MR) is 87.4 cm³/mol. The van der Waals surface area contributed by atoms with Crippen LogP contribution in [0.1, 0.15) is 66.2 Å². The first-order valence-electron chi connectivity index (χ1n) is 8.40. The lowest BCUT2D eigenvalue weighted by atomic mass is 10.4. The van der Waals surface area contributed by atoms with Crippen molar-refractivity contribution in [3.05, 3.63) is 0 Å². The maximum atomic E-state index is 5.95. The van der Waals surface area contributed by atoms with Gasteiger partial charge in [-0.2, -0.15) is 0 Å². The zero-order valence-electron chi connectivity index (χ0n) is 13.8. The highest BCUT2D eigenvalue weighted by Gasteiger charge is 2.32. The van der Waals surface area contributed by atoms with Gasteiger partial charge in [-0.15, -0.1) is 0 Å². The van der Waals surface area contributed by atoms with Crippen LogP contribution in [0.2, 0.25) is 12.1 Å². The molecule has 0 aliphatic carbocycles. The van der Waals surface area contributed by atoms with Gasteiger partial charge in [0.1, 0.15) is 8.07 Å². The smallest absolute Gasteiger partial charge is 0.113 e. The first-order valence-corrected chi connectivity index (χ1v) is 11.2. The van der Waals surface area contributed by atoms with Crippen LogP contribution in [0.15, 0.2) is 0 Å². The molecular weight excluding hydrogens is 252 g/mol. The molecule has 0 aliphatic rings. The highest BCUT2D eigenvalue weighted by atomic mass is 28.3. The van der Waals surface area contributed by atoms with Crippen LogP contribution in [-0.2, 0) is 9.47 Å². The topological polar surface area (TPSA) is 18.5 Å². The molecule has 0 aromatic heterocycles. The Hall–Kier alpha value is 0.137. The molecule has 0 N–H and O–H groups in total. The Morgan fingerprint density at radius 3 is 1.37 bits per heavy atom. The first kappa shape index (κ1) is 19.1. The Bertz CT molecular complexity index is 166. The molecule has 19 heavy (non-hydrogen) atoms. The standard InChI is InChI=1S/C16H36O2Si/c1-5-9-13-19(14-10-6-2,15-17-11-7-3)16-18-12-8-4/h5-16H2,1-4H3. The normalized spacial score (nSPS) is 12.0. The molecule has 0 amide bonds. The summed E-state index contributed by atoms with van der Waals surface area (Å²) in [7, 11) is -1.36. The Morgan fingerprint density at radius 1 is 0.632 bits per heavy atom. The molecule has 0 spiro atoms.